The van der Waals surface area contributed by atoms with Crippen LogP contribution in [0.1, 0.15) is 47.5 Å². The van der Waals surface area contributed by atoms with Gasteiger partial charge in [0.05, 0.1) is 0 Å². The standard InChI is InChI=1S/C16H32N2O2S/c1-15(2,3)20-14(19)18-9-7-8-13(11-18)10-17-12-16(4,5)21-6/h13,17H,7-12H2,1-6H3. The summed E-state index contributed by atoms with van der Waals surface area (Å²) in [4.78, 5) is 14.0. The van der Waals surface area contributed by atoms with E-state index in [9.17, 15) is 4.79 Å². The average Bonchev–Trinajstić information content (AvgIpc) is 2.37. The van der Waals surface area contributed by atoms with Crippen LogP contribution in [0.3, 0.4) is 0 Å². The third-order valence-electron chi connectivity index (χ3n) is 3.71. The Morgan fingerprint density at radius 2 is 2.00 bits per heavy atom. The van der Waals surface area contributed by atoms with Crippen molar-refractivity contribution in [2.24, 2.45) is 5.92 Å². The highest BCUT2D eigenvalue weighted by Gasteiger charge is 2.27. The highest BCUT2D eigenvalue weighted by molar-refractivity contribution is 7.99. The maximum Gasteiger partial charge on any atom is 0.410 e. The molecule has 0 aromatic rings. The first-order chi connectivity index (χ1) is 9.63. The Labute approximate surface area is 134 Å². The van der Waals surface area contributed by atoms with Crippen molar-refractivity contribution >= 4 is 17.9 Å². The fourth-order valence-electron chi connectivity index (χ4n) is 2.37. The minimum atomic E-state index is -0.412. The van der Waals surface area contributed by atoms with Gasteiger partial charge in [-0.25, -0.2) is 4.79 Å². The van der Waals surface area contributed by atoms with E-state index in [4.69, 9.17) is 4.74 Å². The van der Waals surface area contributed by atoms with E-state index in [1.807, 2.05) is 37.4 Å². The van der Waals surface area contributed by atoms with Crippen molar-refractivity contribution in [2.75, 3.05) is 32.4 Å². The van der Waals surface area contributed by atoms with Crippen LogP contribution in [0.15, 0.2) is 0 Å². The Balaban J connectivity index is 2.37. The predicted octanol–water partition coefficient (Wildman–Crippen LogP) is 3.36. The third kappa shape index (κ3) is 7.41. The van der Waals surface area contributed by atoms with Crippen molar-refractivity contribution in [1.29, 1.82) is 0 Å². The lowest BCUT2D eigenvalue weighted by molar-refractivity contribution is 0.0166. The van der Waals surface area contributed by atoms with Crippen LogP contribution in [0.25, 0.3) is 0 Å². The summed E-state index contributed by atoms with van der Waals surface area (Å²) in [6.07, 6.45) is 4.23. The van der Waals surface area contributed by atoms with Crippen molar-refractivity contribution in [2.45, 2.75) is 57.8 Å². The topological polar surface area (TPSA) is 41.6 Å². The van der Waals surface area contributed by atoms with Gasteiger partial charge in [0.15, 0.2) is 0 Å². The van der Waals surface area contributed by atoms with E-state index < -0.39 is 5.60 Å². The second kappa shape index (κ2) is 7.73. The summed E-state index contributed by atoms with van der Waals surface area (Å²) >= 11 is 1.88. The molecule has 1 aliphatic rings. The second-order valence-electron chi connectivity index (χ2n) is 7.53. The van der Waals surface area contributed by atoms with E-state index in [0.717, 1.165) is 32.6 Å². The molecule has 0 aromatic carbocycles. The van der Waals surface area contributed by atoms with Crippen molar-refractivity contribution in [1.82, 2.24) is 10.2 Å². The number of nitrogens with one attached hydrogen (secondary N) is 1. The molecule has 0 aliphatic carbocycles. The molecule has 1 amide bonds. The maximum absolute atomic E-state index is 12.1. The average molecular weight is 317 g/mol. The van der Waals surface area contributed by atoms with Gasteiger partial charge in [-0.3, -0.25) is 0 Å². The minimum Gasteiger partial charge on any atom is -0.444 e. The molecule has 4 nitrogen and oxygen atoms in total. The molecule has 1 rings (SSSR count). The highest BCUT2D eigenvalue weighted by atomic mass is 32.2. The van der Waals surface area contributed by atoms with E-state index in [0.29, 0.717) is 5.92 Å². The summed E-state index contributed by atoms with van der Waals surface area (Å²) in [5, 5.41) is 3.55. The Hall–Kier alpha value is -0.420. The summed E-state index contributed by atoms with van der Waals surface area (Å²) < 4.78 is 5.73. The summed E-state index contributed by atoms with van der Waals surface area (Å²) in [6, 6.07) is 0. The van der Waals surface area contributed by atoms with Crippen LogP contribution in [0.4, 0.5) is 4.79 Å². The number of rotatable bonds is 5. The minimum absolute atomic E-state index is 0.170. The molecule has 1 aliphatic heterocycles. The Morgan fingerprint density at radius 3 is 2.57 bits per heavy atom. The monoisotopic (exact) mass is 316 g/mol. The first-order valence-electron chi connectivity index (χ1n) is 7.87. The lowest BCUT2D eigenvalue weighted by Gasteiger charge is -2.34. The number of amides is 1. The number of piperidine rings is 1. The van der Waals surface area contributed by atoms with E-state index in [2.05, 4.69) is 25.4 Å². The van der Waals surface area contributed by atoms with Crippen molar-refractivity contribution in [3.05, 3.63) is 0 Å². The number of carbonyl (C=O) groups excluding carboxylic acids is 1. The molecule has 5 heteroatoms. The zero-order valence-electron chi connectivity index (χ0n) is 14.5. The van der Waals surface area contributed by atoms with Gasteiger partial charge in [-0.05, 0) is 66.2 Å². The Bertz CT molecular complexity index is 340. The van der Waals surface area contributed by atoms with Crippen LogP contribution in [0.5, 0.6) is 0 Å². The first kappa shape index (κ1) is 18.6. The van der Waals surface area contributed by atoms with Gasteiger partial charge in [0, 0.05) is 24.4 Å². The number of carbonyl (C=O) groups is 1. The summed E-state index contributed by atoms with van der Waals surface area (Å²) in [7, 11) is 0. The van der Waals surface area contributed by atoms with Crippen molar-refractivity contribution < 1.29 is 9.53 Å². The number of likely N-dealkylation sites (tertiary alicyclic amines) is 1. The smallest absolute Gasteiger partial charge is 0.410 e. The number of hydrogen-bond acceptors (Lipinski definition) is 4. The molecule has 1 heterocycles. The molecule has 0 saturated carbocycles. The molecule has 1 saturated heterocycles. The molecule has 1 N–H and O–H groups in total. The largest absolute Gasteiger partial charge is 0.444 e. The zero-order chi connectivity index (χ0) is 16.1. The SMILES string of the molecule is CSC(C)(C)CNCC1CCCN(C(=O)OC(C)(C)C)C1. The van der Waals surface area contributed by atoms with Gasteiger partial charge in [0.2, 0.25) is 0 Å². The lowest BCUT2D eigenvalue weighted by Crippen LogP contribution is -2.46. The van der Waals surface area contributed by atoms with Crippen molar-refractivity contribution in [3.8, 4) is 0 Å². The van der Waals surface area contributed by atoms with Crippen molar-refractivity contribution in [3.63, 3.8) is 0 Å². The van der Waals surface area contributed by atoms with Crippen LogP contribution in [-0.2, 0) is 4.74 Å². The van der Waals surface area contributed by atoms with E-state index >= 15 is 0 Å². The maximum atomic E-state index is 12.1. The Morgan fingerprint density at radius 1 is 1.33 bits per heavy atom. The van der Waals surface area contributed by atoms with Gasteiger partial charge >= 0.3 is 6.09 Å². The lowest BCUT2D eigenvalue weighted by atomic mass is 9.98. The molecule has 1 unspecified atom stereocenters. The zero-order valence-corrected chi connectivity index (χ0v) is 15.3. The number of thioether (sulfide) groups is 1. The quantitative estimate of drug-likeness (QED) is 0.844. The summed E-state index contributed by atoms with van der Waals surface area (Å²) in [5.74, 6) is 0.531. The molecule has 1 fully saturated rings. The fourth-order valence-corrected chi connectivity index (χ4v) is 2.62. The normalized spacial score (nSPS) is 20.5. The molecule has 21 heavy (non-hydrogen) atoms. The molecule has 124 valence electrons. The van der Waals surface area contributed by atoms with Gasteiger partial charge in [0.25, 0.3) is 0 Å². The second-order valence-corrected chi connectivity index (χ2v) is 9.04. The molecular formula is C16H32N2O2S. The molecular weight excluding hydrogens is 284 g/mol. The molecule has 0 aromatic heterocycles. The van der Waals surface area contributed by atoms with Crippen LogP contribution in [0, 0.1) is 5.92 Å². The van der Waals surface area contributed by atoms with Gasteiger partial charge in [-0.15, -0.1) is 0 Å². The van der Waals surface area contributed by atoms with Gasteiger partial charge < -0.3 is 15.0 Å². The molecule has 1 atom stereocenters. The van der Waals surface area contributed by atoms with Crippen LogP contribution in [0.2, 0.25) is 0 Å². The molecule has 0 spiro atoms. The number of nitrogens with zero attached hydrogens (tertiary/aromatic N) is 1. The molecule has 0 radical (unpaired) electrons. The predicted molar refractivity (Wildman–Crippen MR) is 91.0 cm³/mol. The van der Waals surface area contributed by atoms with Gasteiger partial charge in [-0.1, -0.05) is 0 Å². The third-order valence-corrected chi connectivity index (χ3v) is 4.96. The van der Waals surface area contributed by atoms with E-state index in [1.165, 1.54) is 6.42 Å². The van der Waals surface area contributed by atoms with E-state index in [-0.39, 0.29) is 10.8 Å². The fraction of sp³-hybridized carbons (Fsp3) is 0.938. The summed E-state index contributed by atoms with van der Waals surface area (Å²) in [6.45, 7) is 13.8. The van der Waals surface area contributed by atoms with Crippen LogP contribution < -0.4 is 5.32 Å². The Kier molecular flexibility index (Phi) is 6.85. The number of hydrogen-bond donors (Lipinski definition) is 1. The number of ether oxygens (including phenoxy) is 1. The van der Waals surface area contributed by atoms with Gasteiger partial charge in [0.1, 0.15) is 5.60 Å². The van der Waals surface area contributed by atoms with E-state index in [1.54, 1.807) is 0 Å². The first-order valence-corrected chi connectivity index (χ1v) is 9.09. The summed E-state index contributed by atoms with van der Waals surface area (Å²) in [5.41, 5.74) is -0.412. The van der Waals surface area contributed by atoms with Crippen LogP contribution in [-0.4, -0.2) is 53.8 Å². The highest BCUT2D eigenvalue weighted by Crippen LogP contribution is 2.21. The van der Waals surface area contributed by atoms with Gasteiger partial charge in [-0.2, -0.15) is 11.8 Å². The van der Waals surface area contributed by atoms with Crippen LogP contribution >= 0.6 is 11.8 Å². The molecule has 0 bridgehead atoms.